The number of nitrogens with zero attached hydrogens (tertiary/aromatic N) is 3. The van der Waals surface area contributed by atoms with Gasteiger partial charge in [0.15, 0.2) is 0 Å². The highest BCUT2D eigenvalue weighted by Gasteiger charge is 2.30. The average molecular weight is 286 g/mol. The molecule has 1 atom stereocenters. The summed E-state index contributed by atoms with van der Waals surface area (Å²) in [5.74, 6) is -0.170. The van der Waals surface area contributed by atoms with Gasteiger partial charge in [-0.25, -0.2) is 5.01 Å². The summed E-state index contributed by atoms with van der Waals surface area (Å²) in [6, 6.07) is 10.8. The zero-order chi connectivity index (χ0) is 13.9. The van der Waals surface area contributed by atoms with E-state index >= 15 is 0 Å². The molecule has 100 valence electrons. The van der Waals surface area contributed by atoms with Crippen molar-refractivity contribution in [2.24, 2.45) is 5.10 Å². The van der Waals surface area contributed by atoms with Crippen LogP contribution in [0.25, 0.3) is 0 Å². The van der Waals surface area contributed by atoms with E-state index in [9.17, 15) is 4.79 Å². The molecule has 1 aromatic heterocycles. The van der Waals surface area contributed by atoms with E-state index in [1.165, 1.54) is 5.01 Å². The van der Waals surface area contributed by atoms with Crippen molar-refractivity contribution in [3.05, 3.63) is 64.9 Å². The van der Waals surface area contributed by atoms with E-state index < -0.39 is 0 Å². The topological polar surface area (TPSA) is 45.6 Å². The molecule has 1 aliphatic heterocycles. The van der Waals surface area contributed by atoms with Gasteiger partial charge in [0.05, 0.1) is 11.6 Å². The Morgan fingerprint density at radius 1 is 1.25 bits per heavy atom. The molecule has 0 N–H and O–H groups in total. The minimum Gasteiger partial charge on any atom is -0.267 e. The third-order valence-electron chi connectivity index (χ3n) is 3.21. The molecule has 20 heavy (non-hydrogen) atoms. The minimum absolute atomic E-state index is 0.156. The summed E-state index contributed by atoms with van der Waals surface area (Å²) in [4.78, 5) is 16.4. The molecule has 0 radical (unpaired) electrons. The largest absolute Gasteiger partial charge is 0.276 e. The number of carbonyl (C=O) groups excluding carboxylic acids is 1. The Kier molecular flexibility index (Phi) is 3.48. The first kappa shape index (κ1) is 12.8. The van der Waals surface area contributed by atoms with Crippen molar-refractivity contribution in [3.8, 4) is 0 Å². The third-order valence-corrected chi connectivity index (χ3v) is 3.55. The molecular formula is C15H12ClN3O. The Labute approximate surface area is 121 Å². The molecule has 3 rings (SSSR count). The molecule has 1 aromatic carbocycles. The molecule has 1 amide bonds. The van der Waals surface area contributed by atoms with Gasteiger partial charge in [-0.05, 0) is 23.8 Å². The lowest BCUT2D eigenvalue weighted by atomic mass is 10.0. The lowest BCUT2D eigenvalue weighted by Crippen LogP contribution is -2.27. The number of benzene rings is 1. The van der Waals surface area contributed by atoms with Gasteiger partial charge in [0.25, 0.3) is 5.91 Å². The van der Waals surface area contributed by atoms with Crippen molar-refractivity contribution in [3.63, 3.8) is 0 Å². The maximum absolute atomic E-state index is 12.5. The van der Waals surface area contributed by atoms with Crippen molar-refractivity contribution in [2.45, 2.75) is 12.5 Å². The van der Waals surface area contributed by atoms with Gasteiger partial charge in [-0.1, -0.05) is 29.8 Å². The zero-order valence-corrected chi connectivity index (χ0v) is 11.4. The maximum atomic E-state index is 12.5. The van der Waals surface area contributed by atoms with Gasteiger partial charge in [-0.3, -0.25) is 9.78 Å². The number of carbonyl (C=O) groups is 1. The molecule has 0 saturated heterocycles. The highest BCUT2D eigenvalue weighted by molar-refractivity contribution is 6.31. The van der Waals surface area contributed by atoms with Crippen LogP contribution in [0, 0.1) is 0 Å². The molecule has 0 fully saturated rings. The van der Waals surface area contributed by atoms with Crippen LogP contribution in [-0.4, -0.2) is 22.1 Å². The number of hydrazone groups is 1. The fourth-order valence-electron chi connectivity index (χ4n) is 2.23. The molecule has 0 saturated carbocycles. The van der Waals surface area contributed by atoms with Crippen LogP contribution in [0.3, 0.4) is 0 Å². The number of pyridine rings is 1. The Morgan fingerprint density at radius 2 is 2.10 bits per heavy atom. The molecule has 2 aromatic rings. The van der Waals surface area contributed by atoms with E-state index in [1.807, 2.05) is 24.3 Å². The summed E-state index contributed by atoms with van der Waals surface area (Å²) in [5, 5.41) is 6.30. The van der Waals surface area contributed by atoms with Gasteiger partial charge in [0, 0.05) is 30.1 Å². The number of rotatable bonds is 2. The lowest BCUT2D eigenvalue weighted by molar-refractivity contribution is 0.0711. The Balaban J connectivity index is 1.92. The van der Waals surface area contributed by atoms with Gasteiger partial charge < -0.3 is 0 Å². The van der Waals surface area contributed by atoms with E-state index in [1.54, 1.807) is 30.7 Å². The summed E-state index contributed by atoms with van der Waals surface area (Å²) in [6.07, 6.45) is 5.58. The van der Waals surface area contributed by atoms with Crippen LogP contribution in [0.15, 0.2) is 53.9 Å². The fraction of sp³-hybridized carbons (Fsp3) is 0.133. The summed E-state index contributed by atoms with van der Waals surface area (Å²) >= 11 is 6.21. The quantitative estimate of drug-likeness (QED) is 0.850. The zero-order valence-electron chi connectivity index (χ0n) is 10.6. The molecule has 1 aliphatic rings. The molecule has 5 heteroatoms. The first-order valence-corrected chi connectivity index (χ1v) is 6.65. The van der Waals surface area contributed by atoms with Gasteiger partial charge >= 0.3 is 0 Å². The maximum Gasteiger partial charge on any atom is 0.276 e. The SMILES string of the molecule is O=C(c1cccnc1)N1N=CCC1c1ccccc1Cl. The molecule has 0 bridgehead atoms. The van der Waals surface area contributed by atoms with Crippen LogP contribution >= 0.6 is 11.6 Å². The van der Waals surface area contributed by atoms with E-state index in [2.05, 4.69) is 10.1 Å². The second-order valence-electron chi connectivity index (χ2n) is 4.46. The van der Waals surface area contributed by atoms with Crippen molar-refractivity contribution < 1.29 is 4.79 Å². The highest BCUT2D eigenvalue weighted by atomic mass is 35.5. The molecular weight excluding hydrogens is 274 g/mol. The molecule has 4 nitrogen and oxygen atoms in total. The van der Waals surface area contributed by atoms with E-state index in [4.69, 9.17) is 11.6 Å². The lowest BCUT2D eigenvalue weighted by Gasteiger charge is -2.22. The molecule has 2 heterocycles. The van der Waals surface area contributed by atoms with Crippen LogP contribution in [0.1, 0.15) is 28.4 Å². The van der Waals surface area contributed by atoms with Crippen molar-refractivity contribution >= 4 is 23.7 Å². The monoisotopic (exact) mass is 285 g/mol. The smallest absolute Gasteiger partial charge is 0.267 e. The fourth-order valence-corrected chi connectivity index (χ4v) is 2.50. The first-order valence-electron chi connectivity index (χ1n) is 6.28. The summed E-state index contributed by atoms with van der Waals surface area (Å²) < 4.78 is 0. The number of hydrogen-bond donors (Lipinski definition) is 0. The van der Waals surface area contributed by atoms with Gasteiger partial charge in [-0.15, -0.1) is 0 Å². The van der Waals surface area contributed by atoms with Crippen molar-refractivity contribution in [1.82, 2.24) is 9.99 Å². The van der Waals surface area contributed by atoms with Gasteiger partial charge in [0.1, 0.15) is 0 Å². The Hall–Kier alpha value is -2.20. The minimum atomic E-state index is -0.170. The predicted molar refractivity (Wildman–Crippen MR) is 77.7 cm³/mol. The summed E-state index contributed by atoms with van der Waals surface area (Å²) in [6.45, 7) is 0. The van der Waals surface area contributed by atoms with E-state index in [0.29, 0.717) is 17.0 Å². The third kappa shape index (κ3) is 2.30. The van der Waals surface area contributed by atoms with Crippen LogP contribution in [0.2, 0.25) is 5.02 Å². The van der Waals surface area contributed by atoms with E-state index in [0.717, 1.165) is 5.56 Å². The molecule has 0 spiro atoms. The molecule has 1 unspecified atom stereocenters. The normalized spacial score (nSPS) is 17.4. The summed E-state index contributed by atoms with van der Waals surface area (Å²) in [5.41, 5.74) is 1.42. The first-order chi connectivity index (χ1) is 9.77. The van der Waals surface area contributed by atoms with Crippen molar-refractivity contribution in [1.29, 1.82) is 0 Å². The van der Waals surface area contributed by atoms with Gasteiger partial charge in [-0.2, -0.15) is 5.10 Å². The Bertz CT molecular complexity index is 657. The van der Waals surface area contributed by atoms with E-state index in [-0.39, 0.29) is 11.9 Å². The summed E-state index contributed by atoms with van der Waals surface area (Å²) in [7, 11) is 0. The number of hydrogen-bond acceptors (Lipinski definition) is 3. The standard InChI is InChI=1S/C15H12ClN3O/c16-13-6-2-1-5-12(13)14-7-9-18-19(14)15(20)11-4-3-8-17-10-11/h1-6,8-10,14H,7H2. The van der Waals surface area contributed by atoms with Crippen LogP contribution < -0.4 is 0 Å². The van der Waals surface area contributed by atoms with Crippen LogP contribution in [0.5, 0.6) is 0 Å². The molecule has 0 aliphatic carbocycles. The van der Waals surface area contributed by atoms with Gasteiger partial charge in [0.2, 0.25) is 0 Å². The van der Waals surface area contributed by atoms with Crippen molar-refractivity contribution in [2.75, 3.05) is 0 Å². The Morgan fingerprint density at radius 3 is 2.85 bits per heavy atom. The average Bonchev–Trinajstić information content (AvgIpc) is 2.97. The second-order valence-corrected chi connectivity index (χ2v) is 4.87. The van der Waals surface area contributed by atoms with Crippen LogP contribution in [0.4, 0.5) is 0 Å². The predicted octanol–water partition coefficient (Wildman–Crippen LogP) is 3.31. The highest BCUT2D eigenvalue weighted by Crippen LogP contribution is 2.33. The number of aromatic nitrogens is 1. The second kappa shape index (κ2) is 5.43. The number of amides is 1. The van der Waals surface area contributed by atoms with Crippen LogP contribution in [-0.2, 0) is 0 Å². The number of halogens is 1.